The summed E-state index contributed by atoms with van der Waals surface area (Å²) >= 11 is 1.21. The van der Waals surface area contributed by atoms with Gasteiger partial charge in [-0.2, -0.15) is 0 Å². The molecule has 0 unspecified atom stereocenters. The van der Waals surface area contributed by atoms with E-state index in [1.165, 1.54) is 17.1 Å². The molecule has 2 aromatic rings. The minimum atomic E-state index is -0.216. The van der Waals surface area contributed by atoms with Crippen molar-refractivity contribution in [3.05, 3.63) is 41.2 Å². The summed E-state index contributed by atoms with van der Waals surface area (Å²) in [6, 6.07) is 4.12. The van der Waals surface area contributed by atoms with Crippen molar-refractivity contribution in [1.82, 2.24) is 24.4 Å². The molecule has 2 aromatic heterocycles. The Labute approximate surface area is 150 Å². The minimum absolute atomic E-state index is 0.0318. The second kappa shape index (κ2) is 7.15. The average Bonchev–Trinajstić information content (AvgIpc) is 3.19. The predicted molar refractivity (Wildman–Crippen MR) is 93.2 cm³/mol. The molecule has 0 aliphatic carbocycles. The van der Waals surface area contributed by atoms with Crippen LogP contribution in [0.2, 0.25) is 0 Å². The summed E-state index contributed by atoms with van der Waals surface area (Å²) < 4.78 is 9.93. The smallest absolute Gasteiger partial charge is 0.275 e. The summed E-state index contributed by atoms with van der Waals surface area (Å²) in [5, 5.41) is 5.62. The Morgan fingerprint density at radius 1 is 1.24 bits per heavy atom. The zero-order chi connectivity index (χ0) is 17.1. The minimum Gasteiger partial charge on any atom is -0.371 e. The fourth-order valence-electron chi connectivity index (χ4n) is 3.61. The highest BCUT2D eigenvalue weighted by atomic mass is 32.1. The van der Waals surface area contributed by atoms with Gasteiger partial charge in [0.15, 0.2) is 5.69 Å². The van der Waals surface area contributed by atoms with Crippen LogP contribution >= 0.6 is 11.5 Å². The number of rotatable bonds is 3. The molecule has 0 radical (unpaired) electrons. The third-order valence-corrected chi connectivity index (χ3v) is 5.54. The molecule has 0 aromatic carbocycles. The van der Waals surface area contributed by atoms with Gasteiger partial charge in [-0.1, -0.05) is 4.49 Å². The van der Waals surface area contributed by atoms with Crippen LogP contribution in [-0.2, 0) is 11.3 Å². The monoisotopic (exact) mass is 359 g/mol. The molecule has 2 aliphatic rings. The number of piperidine rings is 1. The number of nitrogens with zero attached hydrogens (tertiary/aromatic N) is 5. The second-order valence-electron chi connectivity index (χ2n) is 6.68. The van der Waals surface area contributed by atoms with Gasteiger partial charge < -0.3 is 9.64 Å². The van der Waals surface area contributed by atoms with Gasteiger partial charge in [0.05, 0.1) is 18.8 Å². The first-order chi connectivity index (χ1) is 12.2. The molecule has 1 amide bonds. The van der Waals surface area contributed by atoms with E-state index in [1.807, 2.05) is 17.3 Å². The highest BCUT2D eigenvalue weighted by Gasteiger charge is 2.41. The van der Waals surface area contributed by atoms with Crippen LogP contribution in [0.15, 0.2) is 29.9 Å². The lowest BCUT2D eigenvalue weighted by molar-refractivity contribution is -0.128. The number of amides is 1. The zero-order valence-corrected chi connectivity index (χ0v) is 14.8. The number of ether oxygens (including phenoxy) is 1. The highest BCUT2D eigenvalue weighted by molar-refractivity contribution is 7.03. The van der Waals surface area contributed by atoms with E-state index in [1.54, 1.807) is 5.38 Å². The van der Waals surface area contributed by atoms with Crippen molar-refractivity contribution in [2.45, 2.75) is 25.0 Å². The van der Waals surface area contributed by atoms with Crippen LogP contribution in [0.3, 0.4) is 0 Å². The number of morpholine rings is 1. The molecule has 2 aliphatic heterocycles. The maximum absolute atomic E-state index is 12.6. The molecule has 4 rings (SSSR count). The van der Waals surface area contributed by atoms with Crippen LogP contribution in [-0.4, -0.2) is 68.7 Å². The fourth-order valence-corrected chi connectivity index (χ4v) is 4.04. The quantitative estimate of drug-likeness (QED) is 0.826. The van der Waals surface area contributed by atoms with E-state index < -0.39 is 0 Å². The largest absolute Gasteiger partial charge is 0.371 e. The van der Waals surface area contributed by atoms with E-state index in [0.29, 0.717) is 25.4 Å². The Morgan fingerprint density at radius 3 is 2.76 bits per heavy atom. The molecule has 0 saturated carbocycles. The lowest BCUT2D eigenvalue weighted by Gasteiger charge is -2.47. The first-order valence-electron chi connectivity index (χ1n) is 8.56. The number of pyridine rings is 1. The maximum atomic E-state index is 12.6. The number of aromatic nitrogens is 3. The Bertz CT molecular complexity index is 701. The molecule has 2 saturated heterocycles. The Balaban J connectivity index is 1.36. The van der Waals surface area contributed by atoms with E-state index in [0.717, 1.165) is 32.5 Å². The predicted octanol–water partition coefficient (Wildman–Crippen LogP) is 1.44. The molecule has 0 N–H and O–H groups in total. The summed E-state index contributed by atoms with van der Waals surface area (Å²) in [7, 11) is 0. The Hall–Kier alpha value is -1.90. The summed E-state index contributed by atoms with van der Waals surface area (Å²) in [4.78, 5) is 20.9. The molecule has 4 heterocycles. The van der Waals surface area contributed by atoms with Crippen molar-refractivity contribution < 1.29 is 9.53 Å². The van der Waals surface area contributed by atoms with Crippen LogP contribution in [0.4, 0.5) is 0 Å². The first-order valence-corrected chi connectivity index (χ1v) is 9.39. The van der Waals surface area contributed by atoms with Gasteiger partial charge in [-0.05, 0) is 42.1 Å². The van der Waals surface area contributed by atoms with Gasteiger partial charge in [0.25, 0.3) is 5.91 Å². The molecule has 0 bridgehead atoms. The van der Waals surface area contributed by atoms with Crippen molar-refractivity contribution in [1.29, 1.82) is 0 Å². The van der Waals surface area contributed by atoms with Crippen molar-refractivity contribution in [3.8, 4) is 0 Å². The van der Waals surface area contributed by atoms with Crippen LogP contribution in [0.25, 0.3) is 0 Å². The summed E-state index contributed by atoms with van der Waals surface area (Å²) in [5.74, 6) is -0.0318. The first kappa shape index (κ1) is 16.6. The normalized spacial score (nSPS) is 20.7. The van der Waals surface area contributed by atoms with Crippen molar-refractivity contribution in [3.63, 3.8) is 0 Å². The number of hydrogen-bond donors (Lipinski definition) is 0. The van der Waals surface area contributed by atoms with E-state index in [9.17, 15) is 4.79 Å². The third kappa shape index (κ3) is 3.70. The van der Waals surface area contributed by atoms with Crippen LogP contribution in [0.1, 0.15) is 28.9 Å². The SMILES string of the molecule is O=C(c1csnn1)N1CCOC2(CCN(Cc3ccncc3)CC2)C1. The van der Waals surface area contributed by atoms with Crippen LogP contribution < -0.4 is 0 Å². The van der Waals surface area contributed by atoms with E-state index in [4.69, 9.17) is 4.74 Å². The maximum Gasteiger partial charge on any atom is 0.275 e. The van der Waals surface area contributed by atoms with Crippen molar-refractivity contribution in [2.75, 3.05) is 32.8 Å². The fraction of sp³-hybridized carbons (Fsp3) is 0.529. The molecule has 0 atom stereocenters. The number of carbonyl (C=O) groups is 1. The molecular formula is C17H21N5O2S. The van der Waals surface area contributed by atoms with Crippen molar-refractivity contribution in [2.24, 2.45) is 0 Å². The van der Waals surface area contributed by atoms with Crippen LogP contribution in [0.5, 0.6) is 0 Å². The molecular weight excluding hydrogens is 338 g/mol. The lowest BCUT2D eigenvalue weighted by Crippen LogP contribution is -2.58. The molecule has 8 heteroatoms. The average molecular weight is 359 g/mol. The van der Waals surface area contributed by atoms with Gasteiger partial charge in [0.2, 0.25) is 0 Å². The Morgan fingerprint density at radius 2 is 2.04 bits per heavy atom. The standard InChI is InChI=1S/C17H21N5O2S/c23-16(15-12-25-20-19-15)22-9-10-24-17(13-22)3-7-21(8-4-17)11-14-1-5-18-6-2-14/h1-2,5-6,12H,3-4,7-11,13H2. The van der Waals surface area contributed by atoms with Crippen molar-refractivity contribution >= 4 is 17.4 Å². The highest BCUT2D eigenvalue weighted by Crippen LogP contribution is 2.31. The molecule has 132 valence electrons. The van der Waals surface area contributed by atoms with Gasteiger partial charge in [-0.25, -0.2) is 0 Å². The Kier molecular flexibility index (Phi) is 4.74. The van der Waals surface area contributed by atoms with Gasteiger partial charge >= 0.3 is 0 Å². The summed E-state index contributed by atoms with van der Waals surface area (Å²) in [6.07, 6.45) is 5.55. The third-order valence-electron chi connectivity index (χ3n) is 5.04. The van der Waals surface area contributed by atoms with Crippen LogP contribution in [0, 0.1) is 0 Å². The number of carbonyl (C=O) groups excluding carboxylic acids is 1. The summed E-state index contributed by atoms with van der Waals surface area (Å²) in [5.41, 5.74) is 1.51. The van der Waals surface area contributed by atoms with E-state index in [2.05, 4.69) is 31.6 Å². The number of likely N-dealkylation sites (tertiary alicyclic amines) is 1. The molecule has 1 spiro atoms. The van der Waals surface area contributed by atoms with E-state index >= 15 is 0 Å². The molecule has 7 nitrogen and oxygen atoms in total. The number of hydrogen-bond acceptors (Lipinski definition) is 7. The summed E-state index contributed by atoms with van der Waals surface area (Å²) in [6.45, 7) is 4.75. The van der Waals surface area contributed by atoms with Gasteiger partial charge in [-0.3, -0.25) is 14.7 Å². The van der Waals surface area contributed by atoms with Gasteiger partial charge in [0.1, 0.15) is 0 Å². The van der Waals surface area contributed by atoms with E-state index in [-0.39, 0.29) is 11.5 Å². The topological polar surface area (TPSA) is 71.5 Å². The lowest BCUT2D eigenvalue weighted by atomic mass is 9.89. The molecule has 25 heavy (non-hydrogen) atoms. The molecule has 2 fully saturated rings. The zero-order valence-electron chi connectivity index (χ0n) is 14.0. The van der Waals surface area contributed by atoms with Gasteiger partial charge in [-0.15, -0.1) is 5.10 Å². The second-order valence-corrected chi connectivity index (χ2v) is 7.29. The van der Waals surface area contributed by atoms with Gasteiger partial charge in [0, 0.05) is 44.0 Å².